The van der Waals surface area contributed by atoms with E-state index in [1.54, 1.807) is 11.3 Å². The van der Waals surface area contributed by atoms with Gasteiger partial charge in [0, 0.05) is 29.4 Å². The van der Waals surface area contributed by atoms with E-state index in [9.17, 15) is 4.79 Å². The second kappa shape index (κ2) is 5.41. The van der Waals surface area contributed by atoms with Crippen molar-refractivity contribution in [3.63, 3.8) is 0 Å². The van der Waals surface area contributed by atoms with Gasteiger partial charge in [-0.25, -0.2) is 0 Å². The molecule has 18 heavy (non-hydrogen) atoms. The lowest BCUT2D eigenvalue weighted by Gasteiger charge is -2.29. The van der Waals surface area contributed by atoms with Crippen molar-refractivity contribution in [2.45, 2.75) is 56.7 Å². The zero-order valence-electron chi connectivity index (χ0n) is 10.5. The molecule has 0 aromatic carbocycles. The van der Waals surface area contributed by atoms with Crippen molar-refractivity contribution in [2.75, 3.05) is 0 Å². The minimum absolute atomic E-state index is 0.217. The SMILES string of the molecule is O=C(CCc1cccs1)NC1CC2CCC(C1)N2. The highest BCUT2D eigenvalue weighted by atomic mass is 32.1. The molecule has 3 rings (SSSR count). The van der Waals surface area contributed by atoms with Crippen molar-refractivity contribution < 1.29 is 4.79 Å². The predicted molar refractivity (Wildman–Crippen MR) is 73.8 cm³/mol. The van der Waals surface area contributed by atoms with E-state index in [0.29, 0.717) is 24.5 Å². The summed E-state index contributed by atoms with van der Waals surface area (Å²) in [5.41, 5.74) is 0. The van der Waals surface area contributed by atoms with Gasteiger partial charge in [-0.05, 0) is 43.6 Å². The van der Waals surface area contributed by atoms with Crippen LogP contribution in [0.3, 0.4) is 0 Å². The molecule has 2 bridgehead atoms. The molecule has 98 valence electrons. The average molecular weight is 264 g/mol. The summed E-state index contributed by atoms with van der Waals surface area (Å²) in [5.74, 6) is 0.217. The summed E-state index contributed by atoms with van der Waals surface area (Å²) in [6.45, 7) is 0. The van der Waals surface area contributed by atoms with Crippen LogP contribution in [0.1, 0.15) is 37.0 Å². The van der Waals surface area contributed by atoms with Crippen LogP contribution in [-0.4, -0.2) is 24.0 Å². The molecular formula is C14H20N2OS. The van der Waals surface area contributed by atoms with E-state index in [4.69, 9.17) is 0 Å². The Morgan fingerprint density at radius 2 is 2.17 bits per heavy atom. The number of hydrogen-bond donors (Lipinski definition) is 2. The number of nitrogens with one attached hydrogen (secondary N) is 2. The lowest BCUT2D eigenvalue weighted by molar-refractivity contribution is -0.122. The maximum atomic E-state index is 11.9. The van der Waals surface area contributed by atoms with E-state index in [1.165, 1.54) is 17.7 Å². The molecule has 2 saturated heterocycles. The van der Waals surface area contributed by atoms with Crippen molar-refractivity contribution in [1.29, 1.82) is 0 Å². The van der Waals surface area contributed by atoms with Gasteiger partial charge in [-0.15, -0.1) is 11.3 Å². The molecule has 2 unspecified atom stereocenters. The first-order valence-electron chi connectivity index (χ1n) is 6.87. The molecule has 3 nitrogen and oxygen atoms in total. The highest BCUT2D eigenvalue weighted by Crippen LogP contribution is 2.26. The van der Waals surface area contributed by atoms with Crippen LogP contribution in [0.2, 0.25) is 0 Å². The molecular weight excluding hydrogens is 244 g/mol. The molecule has 2 aliphatic rings. The number of carbonyl (C=O) groups excluding carboxylic acids is 1. The van der Waals surface area contributed by atoms with Gasteiger partial charge in [-0.3, -0.25) is 4.79 Å². The number of fused-ring (bicyclic) bond motifs is 2. The van der Waals surface area contributed by atoms with Crippen LogP contribution in [0.15, 0.2) is 17.5 Å². The first kappa shape index (κ1) is 12.2. The highest BCUT2D eigenvalue weighted by molar-refractivity contribution is 7.09. The van der Waals surface area contributed by atoms with Crippen LogP contribution in [0.4, 0.5) is 0 Å². The summed E-state index contributed by atoms with van der Waals surface area (Å²) in [7, 11) is 0. The molecule has 3 heterocycles. The topological polar surface area (TPSA) is 41.1 Å². The molecule has 2 aliphatic heterocycles. The van der Waals surface area contributed by atoms with Gasteiger partial charge in [0.05, 0.1) is 0 Å². The predicted octanol–water partition coefficient (Wildman–Crippen LogP) is 2.08. The minimum Gasteiger partial charge on any atom is -0.353 e. The Morgan fingerprint density at radius 1 is 1.39 bits per heavy atom. The zero-order chi connectivity index (χ0) is 12.4. The van der Waals surface area contributed by atoms with E-state index < -0.39 is 0 Å². The fourth-order valence-corrected chi connectivity index (χ4v) is 3.88. The summed E-state index contributed by atoms with van der Waals surface area (Å²) in [6, 6.07) is 5.84. The lowest BCUT2D eigenvalue weighted by Crippen LogP contribution is -2.48. The maximum Gasteiger partial charge on any atom is 0.220 e. The molecule has 4 heteroatoms. The third-order valence-corrected chi connectivity index (χ3v) is 4.95. The van der Waals surface area contributed by atoms with Crippen LogP contribution in [-0.2, 0) is 11.2 Å². The monoisotopic (exact) mass is 264 g/mol. The Labute approximate surface area is 112 Å². The summed E-state index contributed by atoms with van der Waals surface area (Å²) in [4.78, 5) is 13.2. The summed E-state index contributed by atoms with van der Waals surface area (Å²) >= 11 is 1.73. The Kier molecular flexibility index (Phi) is 3.66. The Bertz CT molecular complexity index is 392. The first-order valence-corrected chi connectivity index (χ1v) is 7.75. The van der Waals surface area contributed by atoms with Gasteiger partial charge >= 0.3 is 0 Å². The average Bonchev–Trinajstić information content (AvgIpc) is 2.97. The normalized spacial score (nSPS) is 30.3. The second-order valence-electron chi connectivity index (χ2n) is 5.45. The van der Waals surface area contributed by atoms with Crippen LogP contribution in [0, 0.1) is 0 Å². The van der Waals surface area contributed by atoms with Crippen LogP contribution in [0.25, 0.3) is 0 Å². The summed E-state index contributed by atoms with van der Waals surface area (Å²) < 4.78 is 0. The first-order chi connectivity index (χ1) is 8.79. The van der Waals surface area contributed by atoms with Crippen molar-refractivity contribution in [2.24, 2.45) is 0 Å². The van der Waals surface area contributed by atoms with Gasteiger partial charge < -0.3 is 10.6 Å². The quantitative estimate of drug-likeness (QED) is 0.874. The van der Waals surface area contributed by atoms with E-state index in [2.05, 4.69) is 22.1 Å². The van der Waals surface area contributed by atoms with Gasteiger partial charge in [-0.2, -0.15) is 0 Å². The molecule has 0 spiro atoms. The van der Waals surface area contributed by atoms with Crippen molar-refractivity contribution in [3.8, 4) is 0 Å². The maximum absolute atomic E-state index is 11.9. The summed E-state index contributed by atoms with van der Waals surface area (Å²) in [5, 5.41) is 8.87. The van der Waals surface area contributed by atoms with E-state index >= 15 is 0 Å². The van der Waals surface area contributed by atoms with E-state index in [-0.39, 0.29) is 5.91 Å². The molecule has 1 amide bonds. The Balaban J connectivity index is 1.43. The number of aryl methyl sites for hydroxylation is 1. The fourth-order valence-electron chi connectivity index (χ4n) is 3.17. The molecule has 0 aliphatic carbocycles. The van der Waals surface area contributed by atoms with Gasteiger partial charge in [0.1, 0.15) is 0 Å². The number of thiophene rings is 1. The fraction of sp³-hybridized carbons (Fsp3) is 0.643. The van der Waals surface area contributed by atoms with Gasteiger partial charge in [0.15, 0.2) is 0 Å². The highest BCUT2D eigenvalue weighted by Gasteiger charge is 2.33. The minimum atomic E-state index is 0.217. The molecule has 2 N–H and O–H groups in total. The van der Waals surface area contributed by atoms with Gasteiger partial charge in [0.25, 0.3) is 0 Å². The molecule has 2 fully saturated rings. The van der Waals surface area contributed by atoms with Crippen LogP contribution >= 0.6 is 11.3 Å². The standard InChI is InChI=1S/C14H20N2OS/c17-14(6-5-13-2-1-7-18-13)16-12-8-10-3-4-11(9-12)15-10/h1-2,7,10-12,15H,3-6,8-9H2,(H,16,17). The van der Waals surface area contributed by atoms with E-state index in [1.807, 2.05) is 6.07 Å². The lowest BCUT2D eigenvalue weighted by atomic mass is 9.99. The largest absolute Gasteiger partial charge is 0.353 e. The van der Waals surface area contributed by atoms with Crippen LogP contribution in [0.5, 0.6) is 0 Å². The van der Waals surface area contributed by atoms with Crippen molar-refractivity contribution in [3.05, 3.63) is 22.4 Å². The van der Waals surface area contributed by atoms with Crippen molar-refractivity contribution >= 4 is 17.2 Å². The third kappa shape index (κ3) is 2.93. The third-order valence-electron chi connectivity index (χ3n) is 4.02. The Hall–Kier alpha value is -0.870. The molecule has 0 radical (unpaired) electrons. The van der Waals surface area contributed by atoms with E-state index in [0.717, 1.165) is 19.3 Å². The number of carbonyl (C=O) groups is 1. The number of rotatable bonds is 4. The molecule has 1 aromatic heterocycles. The van der Waals surface area contributed by atoms with Crippen LogP contribution < -0.4 is 10.6 Å². The molecule has 1 aromatic rings. The van der Waals surface area contributed by atoms with Crippen molar-refractivity contribution in [1.82, 2.24) is 10.6 Å². The zero-order valence-corrected chi connectivity index (χ0v) is 11.3. The van der Waals surface area contributed by atoms with Gasteiger partial charge in [-0.1, -0.05) is 6.07 Å². The second-order valence-corrected chi connectivity index (χ2v) is 6.49. The number of hydrogen-bond acceptors (Lipinski definition) is 3. The van der Waals surface area contributed by atoms with Gasteiger partial charge in [0.2, 0.25) is 5.91 Å². The Morgan fingerprint density at radius 3 is 2.83 bits per heavy atom. The smallest absolute Gasteiger partial charge is 0.220 e. The summed E-state index contributed by atoms with van der Waals surface area (Å²) in [6.07, 6.45) is 6.29. The molecule has 2 atom stereocenters. The number of piperidine rings is 1. The molecule has 0 saturated carbocycles. The number of amides is 1.